The third-order valence-corrected chi connectivity index (χ3v) is 4.57. The first-order chi connectivity index (χ1) is 8.28. The van der Waals surface area contributed by atoms with E-state index in [1.807, 2.05) is 0 Å². The SMILES string of the molecule is CCc1cc2c(CC(O)C3CC3)ncnc2s1. The van der Waals surface area contributed by atoms with Gasteiger partial charge < -0.3 is 5.11 Å². The molecule has 90 valence electrons. The Labute approximate surface area is 105 Å². The molecular weight excluding hydrogens is 232 g/mol. The van der Waals surface area contributed by atoms with Crippen molar-refractivity contribution in [2.45, 2.75) is 38.7 Å². The summed E-state index contributed by atoms with van der Waals surface area (Å²) in [7, 11) is 0. The standard InChI is InChI=1S/C13H16N2OS/c1-2-9-5-10-11(6-12(16)8-3-4-8)14-7-15-13(10)17-9/h5,7-8,12,16H,2-4,6H2,1H3. The minimum Gasteiger partial charge on any atom is -0.392 e. The quantitative estimate of drug-likeness (QED) is 0.904. The van der Waals surface area contributed by atoms with Crippen molar-refractivity contribution in [3.63, 3.8) is 0 Å². The van der Waals surface area contributed by atoms with E-state index >= 15 is 0 Å². The highest BCUT2D eigenvalue weighted by Gasteiger charge is 2.30. The van der Waals surface area contributed by atoms with Crippen LogP contribution >= 0.6 is 11.3 Å². The average molecular weight is 248 g/mol. The second kappa shape index (κ2) is 4.35. The summed E-state index contributed by atoms with van der Waals surface area (Å²) in [6.45, 7) is 2.15. The molecule has 1 unspecified atom stereocenters. The maximum Gasteiger partial charge on any atom is 0.127 e. The zero-order valence-electron chi connectivity index (χ0n) is 9.89. The van der Waals surface area contributed by atoms with Crippen molar-refractivity contribution in [2.24, 2.45) is 5.92 Å². The smallest absolute Gasteiger partial charge is 0.127 e. The molecule has 0 bridgehead atoms. The molecule has 1 N–H and O–H groups in total. The lowest BCUT2D eigenvalue weighted by molar-refractivity contribution is 0.151. The van der Waals surface area contributed by atoms with Crippen LogP contribution in [0, 0.1) is 5.92 Å². The van der Waals surface area contributed by atoms with Crippen LogP contribution in [-0.4, -0.2) is 21.2 Å². The summed E-state index contributed by atoms with van der Waals surface area (Å²) in [4.78, 5) is 11.0. The van der Waals surface area contributed by atoms with Gasteiger partial charge in [-0.15, -0.1) is 11.3 Å². The van der Waals surface area contributed by atoms with Crippen molar-refractivity contribution in [2.75, 3.05) is 0 Å². The highest BCUT2D eigenvalue weighted by atomic mass is 32.1. The highest BCUT2D eigenvalue weighted by molar-refractivity contribution is 7.18. The number of thiophene rings is 1. The zero-order chi connectivity index (χ0) is 11.8. The van der Waals surface area contributed by atoms with Crippen molar-refractivity contribution in [1.82, 2.24) is 9.97 Å². The summed E-state index contributed by atoms with van der Waals surface area (Å²) in [6.07, 6.45) is 5.43. The van der Waals surface area contributed by atoms with E-state index in [2.05, 4.69) is 23.0 Å². The second-order valence-electron chi connectivity index (χ2n) is 4.71. The Morgan fingerprint density at radius 3 is 3.00 bits per heavy atom. The summed E-state index contributed by atoms with van der Waals surface area (Å²) < 4.78 is 0. The first-order valence-electron chi connectivity index (χ1n) is 6.18. The predicted molar refractivity (Wildman–Crippen MR) is 69.2 cm³/mol. The van der Waals surface area contributed by atoms with Crippen molar-refractivity contribution >= 4 is 21.6 Å². The van der Waals surface area contributed by atoms with Crippen LogP contribution in [0.3, 0.4) is 0 Å². The molecule has 0 aromatic carbocycles. The molecule has 0 saturated heterocycles. The molecule has 0 radical (unpaired) electrons. The number of rotatable bonds is 4. The van der Waals surface area contributed by atoms with Gasteiger partial charge in [-0.1, -0.05) is 6.92 Å². The molecule has 0 spiro atoms. The molecule has 0 aliphatic heterocycles. The van der Waals surface area contributed by atoms with Crippen molar-refractivity contribution in [1.29, 1.82) is 0 Å². The molecule has 17 heavy (non-hydrogen) atoms. The summed E-state index contributed by atoms with van der Waals surface area (Å²) in [5, 5.41) is 11.1. The van der Waals surface area contributed by atoms with Crippen LogP contribution < -0.4 is 0 Å². The highest BCUT2D eigenvalue weighted by Crippen LogP contribution is 2.35. The Kier molecular flexibility index (Phi) is 2.84. The lowest BCUT2D eigenvalue weighted by Gasteiger charge is -2.08. The molecule has 0 amide bonds. The summed E-state index contributed by atoms with van der Waals surface area (Å²) in [5.41, 5.74) is 1.00. The Morgan fingerprint density at radius 1 is 1.47 bits per heavy atom. The maximum atomic E-state index is 10.0. The van der Waals surface area contributed by atoms with Crippen LogP contribution in [0.5, 0.6) is 0 Å². The topological polar surface area (TPSA) is 46.0 Å². The van der Waals surface area contributed by atoms with Gasteiger partial charge in [-0.2, -0.15) is 0 Å². The van der Waals surface area contributed by atoms with Crippen molar-refractivity contribution in [3.8, 4) is 0 Å². The van der Waals surface area contributed by atoms with Gasteiger partial charge in [0.2, 0.25) is 0 Å². The summed E-state index contributed by atoms with van der Waals surface area (Å²) in [6, 6.07) is 2.18. The summed E-state index contributed by atoms with van der Waals surface area (Å²) >= 11 is 1.73. The number of hydrogen-bond acceptors (Lipinski definition) is 4. The third-order valence-electron chi connectivity index (χ3n) is 3.38. The fourth-order valence-corrected chi connectivity index (χ4v) is 3.09. The van der Waals surface area contributed by atoms with Gasteiger partial charge in [-0.25, -0.2) is 9.97 Å². The lowest BCUT2D eigenvalue weighted by atomic mass is 10.1. The monoisotopic (exact) mass is 248 g/mol. The van der Waals surface area contributed by atoms with Gasteiger partial charge in [0, 0.05) is 16.7 Å². The third kappa shape index (κ3) is 2.19. The first-order valence-corrected chi connectivity index (χ1v) is 7.00. The Hall–Kier alpha value is -1.00. The van der Waals surface area contributed by atoms with E-state index in [-0.39, 0.29) is 6.10 Å². The van der Waals surface area contributed by atoms with Crippen molar-refractivity contribution < 1.29 is 5.11 Å². The minimum absolute atomic E-state index is 0.224. The van der Waals surface area contributed by atoms with E-state index in [0.717, 1.165) is 22.3 Å². The number of aliphatic hydroxyl groups excluding tert-OH is 1. The van der Waals surface area contributed by atoms with Crippen LogP contribution in [0.2, 0.25) is 0 Å². The molecule has 3 rings (SSSR count). The van der Waals surface area contributed by atoms with Crippen LogP contribution in [-0.2, 0) is 12.8 Å². The van der Waals surface area contributed by atoms with E-state index in [0.29, 0.717) is 12.3 Å². The van der Waals surface area contributed by atoms with Gasteiger partial charge in [0.1, 0.15) is 11.2 Å². The number of aryl methyl sites for hydroxylation is 1. The van der Waals surface area contributed by atoms with Gasteiger partial charge in [0.15, 0.2) is 0 Å². The van der Waals surface area contributed by atoms with Gasteiger partial charge in [-0.05, 0) is 31.2 Å². The van der Waals surface area contributed by atoms with Gasteiger partial charge in [0.25, 0.3) is 0 Å². The fraction of sp³-hybridized carbons (Fsp3) is 0.538. The van der Waals surface area contributed by atoms with E-state index < -0.39 is 0 Å². The van der Waals surface area contributed by atoms with Gasteiger partial charge in [-0.3, -0.25) is 0 Å². The van der Waals surface area contributed by atoms with E-state index in [1.165, 1.54) is 17.7 Å². The largest absolute Gasteiger partial charge is 0.392 e. The number of aliphatic hydroxyl groups is 1. The Bertz CT molecular complexity index is 533. The lowest BCUT2D eigenvalue weighted by Crippen LogP contribution is -2.13. The van der Waals surface area contributed by atoms with Crippen LogP contribution in [0.1, 0.15) is 30.3 Å². The molecule has 2 aromatic rings. The van der Waals surface area contributed by atoms with Crippen LogP contribution in [0.15, 0.2) is 12.4 Å². The fourth-order valence-electron chi connectivity index (χ4n) is 2.14. The second-order valence-corrected chi connectivity index (χ2v) is 5.83. The molecule has 1 fully saturated rings. The number of fused-ring (bicyclic) bond motifs is 1. The molecule has 3 nitrogen and oxygen atoms in total. The molecule has 2 heterocycles. The average Bonchev–Trinajstić information content (AvgIpc) is 3.09. The van der Waals surface area contributed by atoms with E-state index in [1.54, 1.807) is 17.7 Å². The van der Waals surface area contributed by atoms with Crippen LogP contribution in [0.4, 0.5) is 0 Å². The van der Waals surface area contributed by atoms with Crippen LogP contribution in [0.25, 0.3) is 10.2 Å². The maximum absolute atomic E-state index is 10.0. The molecule has 4 heteroatoms. The molecule has 1 aliphatic rings. The van der Waals surface area contributed by atoms with E-state index in [9.17, 15) is 5.11 Å². The zero-order valence-corrected chi connectivity index (χ0v) is 10.7. The molecular formula is C13H16N2OS. The molecule has 1 aliphatic carbocycles. The van der Waals surface area contributed by atoms with Gasteiger partial charge in [0.05, 0.1) is 11.8 Å². The predicted octanol–water partition coefficient (Wildman–Crippen LogP) is 2.57. The first kappa shape index (κ1) is 11.1. The number of nitrogens with zero attached hydrogens (tertiary/aromatic N) is 2. The normalized spacial score (nSPS) is 17.5. The molecule has 1 atom stereocenters. The van der Waals surface area contributed by atoms with Gasteiger partial charge >= 0.3 is 0 Å². The van der Waals surface area contributed by atoms with Crippen molar-refractivity contribution in [3.05, 3.63) is 23.0 Å². The number of hydrogen-bond donors (Lipinski definition) is 1. The molecule has 1 saturated carbocycles. The summed E-state index contributed by atoms with van der Waals surface area (Å²) in [5.74, 6) is 0.504. The molecule has 2 aromatic heterocycles. The Morgan fingerprint density at radius 2 is 2.29 bits per heavy atom. The number of aromatic nitrogens is 2. The Balaban J connectivity index is 1.94. The minimum atomic E-state index is -0.224. The van der Waals surface area contributed by atoms with E-state index in [4.69, 9.17) is 0 Å².